The van der Waals surface area contributed by atoms with E-state index in [-0.39, 0.29) is 31.2 Å². The van der Waals surface area contributed by atoms with Gasteiger partial charge in [0.25, 0.3) is 0 Å². The van der Waals surface area contributed by atoms with Crippen molar-refractivity contribution in [3.05, 3.63) is 50.8 Å². The molecule has 1 aliphatic rings. The van der Waals surface area contributed by atoms with Crippen molar-refractivity contribution in [1.82, 2.24) is 14.7 Å². The molecule has 0 radical (unpaired) electrons. The first-order valence-corrected chi connectivity index (χ1v) is 9.75. The van der Waals surface area contributed by atoms with E-state index in [1.165, 1.54) is 11.8 Å². The van der Waals surface area contributed by atoms with Crippen LogP contribution in [0.4, 0.5) is 13.2 Å². The lowest BCUT2D eigenvalue weighted by molar-refractivity contribution is -0.142. The number of rotatable bonds is 3. The standard InChI is InChI=1S/C19H20Cl2F3N3O2/c1-11-9-13(3-4-14(11)20)18(29)5-7-26(8-6-18)15(28)10-27-12(2)16(21)17(25-27)19(22,23)24/h3-4,9,29H,5-8,10H2,1-2H3. The molecule has 0 spiro atoms. The number of hydrogen-bond donors (Lipinski definition) is 1. The van der Waals surface area contributed by atoms with Crippen LogP contribution < -0.4 is 0 Å². The molecule has 0 unspecified atom stereocenters. The fourth-order valence-electron chi connectivity index (χ4n) is 3.44. The molecule has 158 valence electrons. The zero-order chi connectivity index (χ0) is 21.6. The summed E-state index contributed by atoms with van der Waals surface area (Å²) in [7, 11) is 0. The van der Waals surface area contributed by atoms with Crippen molar-refractivity contribution in [2.45, 2.75) is 45.0 Å². The summed E-state index contributed by atoms with van der Waals surface area (Å²) < 4.78 is 39.8. The maximum Gasteiger partial charge on any atom is 0.436 e. The summed E-state index contributed by atoms with van der Waals surface area (Å²) in [6, 6.07) is 5.32. The minimum atomic E-state index is -4.69. The molecule has 10 heteroatoms. The lowest BCUT2D eigenvalue weighted by Gasteiger charge is -2.38. The molecule has 0 bridgehead atoms. The average molecular weight is 450 g/mol. The van der Waals surface area contributed by atoms with Crippen molar-refractivity contribution in [2.75, 3.05) is 13.1 Å². The number of benzene rings is 1. The molecule has 1 fully saturated rings. The number of amides is 1. The summed E-state index contributed by atoms with van der Waals surface area (Å²) in [5.41, 5.74) is -0.618. The molecule has 1 aromatic carbocycles. The number of alkyl halides is 3. The summed E-state index contributed by atoms with van der Waals surface area (Å²) in [6.07, 6.45) is -4.06. The smallest absolute Gasteiger partial charge is 0.385 e. The Hall–Kier alpha value is -1.77. The van der Waals surface area contributed by atoms with Gasteiger partial charge in [0.05, 0.1) is 16.3 Å². The second-order valence-electron chi connectivity index (χ2n) is 7.28. The van der Waals surface area contributed by atoms with Crippen LogP contribution in [0, 0.1) is 13.8 Å². The van der Waals surface area contributed by atoms with E-state index >= 15 is 0 Å². The monoisotopic (exact) mass is 449 g/mol. The second-order valence-corrected chi connectivity index (χ2v) is 8.06. The van der Waals surface area contributed by atoms with Gasteiger partial charge in [0.15, 0.2) is 5.69 Å². The normalized spacial score (nSPS) is 16.9. The second kappa shape index (κ2) is 7.81. The molecule has 0 atom stereocenters. The van der Waals surface area contributed by atoms with Gasteiger partial charge < -0.3 is 10.0 Å². The number of carbonyl (C=O) groups excluding carboxylic acids is 1. The number of hydrogen-bond acceptors (Lipinski definition) is 3. The molecule has 1 amide bonds. The van der Waals surface area contributed by atoms with Gasteiger partial charge in [0, 0.05) is 18.1 Å². The minimum Gasteiger partial charge on any atom is -0.385 e. The van der Waals surface area contributed by atoms with E-state index in [4.69, 9.17) is 23.2 Å². The number of likely N-dealkylation sites (tertiary alicyclic amines) is 1. The number of halogens is 5. The minimum absolute atomic E-state index is 0.0810. The molecule has 29 heavy (non-hydrogen) atoms. The number of nitrogens with zero attached hydrogens (tertiary/aromatic N) is 3. The third kappa shape index (κ3) is 4.39. The Balaban J connectivity index is 1.68. The van der Waals surface area contributed by atoms with Crippen LogP contribution in [-0.2, 0) is 23.1 Å². The van der Waals surface area contributed by atoms with Gasteiger partial charge >= 0.3 is 6.18 Å². The summed E-state index contributed by atoms with van der Waals surface area (Å²) in [4.78, 5) is 14.1. The summed E-state index contributed by atoms with van der Waals surface area (Å²) in [5, 5.41) is 14.5. The van der Waals surface area contributed by atoms with Gasteiger partial charge in [-0.1, -0.05) is 35.3 Å². The summed E-state index contributed by atoms with van der Waals surface area (Å²) in [6.45, 7) is 3.44. The maximum atomic E-state index is 12.9. The van der Waals surface area contributed by atoms with Crippen molar-refractivity contribution in [1.29, 1.82) is 0 Å². The number of aromatic nitrogens is 2. The lowest BCUT2D eigenvalue weighted by atomic mass is 9.84. The highest BCUT2D eigenvalue weighted by atomic mass is 35.5. The predicted octanol–water partition coefficient (Wildman–Crippen LogP) is 4.34. The van der Waals surface area contributed by atoms with Crippen LogP contribution >= 0.6 is 23.2 Å². The van der Waals surface area contributed by atoms with Gasteiger partial charge in [-0.3, -0.25) is 9.48 Å². The van der Waals surface area contributed by atoms with E-state index in [0.717, 1.165) is 15.8 Å². The van der Waals surface area contributed by atoms with Crippen LogP contribution in [0.15, 0.2) is 18.2 Å². The number of aliphatic hydroxyl groups is 1. The molecule has 0 aliphatic carbocycles. The fraction of sp³-hybridized carbons (Fsp3) is 0.474. The molecule has 1 aliphatic heterocycles. The van der Waals surface area contributed by atoms with Crippen LogP contribution in [0.2, 0.25) is 10.0 Å². The van der Waals surface area contributed by atoms with E-state index in [9.17, 15) is 23.1 Å². The molecular weight excluding hydrogens is 430 g/mol. The van der Waals surface area contributed by atoms with Crippen LogP contribution in [0.3, 0.4) is 0 Å². The number of aryl methyl sites for hydroxylation is 1. The van der Waals surface area contributed by atoms with Crippen LogP contribution in [-0.4, -0.2) is 38.8 Å². The largest absolute Gasteiger partial charge is 0.436 e. The number of carbonyl (C=O) groups is 1. The van der Waals surface area contributed by atoms with Crippen molar-refractivity contribution in [2.24, 2.45) is 0 Å². The third-order valence-electron chi connectivity index (χ3n) is 5.33. The molecule has 2 aromatic rings. The highest BCUT2D eigenvalue weighted by molar-refractivity contribution is 6.32. The number of piperidine rings is 1. The highest BCUT2D eigenvalue weighted by Crippen LogP contribution is 2.36. The maximum absolute atomic E-state index is 12.9. The third-order valence-corrected chi connectivity index (χ3v) is 6.20. The van der Waals surface area contributed by atoms with Gasteiger partial charge in [-0.25, -0.2) is 0 Å². The summed E-state index contributed by atoms with van der Waals surface area (Å²) >= 11 is 11.8. The topological polar surface area (TPSA) is 58.4 Å². The molecule has 1 aromatic heterocycles. The zero-order valence-corrected chi connectivity index (χ0v) is 17.4. The van der Waals surface area contributed by atoms with Crippen LogP contribution in [0.5, 0.6) is 0 Å². The Morgan fingerprint density at radius 1 is 1.24 bits per heavy atom. The quantitative estimate of drug-likeness (QED) is 0.758. The Kier molecular flexibility index (Phi) is 5.91. The van der Waals surface area contributed by atoms with Crippen molar-refractivity contribution in [3.63, 3.8) is 0 Å². The molecule has 2 heterocycles. The Morgan fingerprint density at radius 3 is 2.38 bits per heavy atom. The van der Waals surface area contributed by atoms with Crippen LogP contribution in [0.1, 0.15) is 35.4 Å². The van der Waals surface area contributed by atoms with Crippen molar-refractivity contribution in [3.8, 4) is 0 Å². The lowest BCUT2D eigenvalue weighted by Crippen LogP contribution is -2.46. The van der Waals surface area contributed by atoms with E-state index in [2.05, 4.69) is 5.10 Å². The Morgan fingerprint density at radius 2 is 1.86 bits per heavy atom. The summed E-state index contributed by atoms with van der Waals surface area (Å²) in [5.74, 6) is -0.379. The van der Waals surface area contributed by atoms with Gasteiger partial charge in [-0.05, 0) is 43.9 Å². The molecule has 5 nitrogen and oxygen atoms in total. The van der Waals surface area contributed by atoms with Crippen molar-refractivity contribution < 1.29 is 23.1 Å². The van der Waals surface area contributed by atoms with Crippen molar-refractivity contribution >= 4 is 29.1 Å². The SMILES string of the molecule is Cc1cc(C2(O)CCN(C(=O)Cn3nc(C(F)(F)F)c(Cl)c3C)CC2)ccc1Cl. The highest BCUT2D eigenvalue weighted by Gasteiger charge is 2.39. The molecule has 3 rings (SSSR count). The van der Waals surface area contributed by atoms with E-state index in [0.29, 0.717) is 17.9 Å². The Bertz CT molecular complexity index is 936. The van der Waals surface area contributed by atoms with Gasteiger partial charge in [-0.2, -0.15) is 18.3 Å². The predicted molar refractivity (Wildman–Crippen MR) is 103 cm³/mol. The van der Waals surface area contributed by atoms with E-state index in [1.807, 2.05) is 13.0 Å². The van der Waals surface area contributed by atoms with Crippen LogP contribution in [0.25, 0.3) is 0 Å². The molecule has 1 saturated heterocycles. The van der Waals surface area contributed by atoms with Gasteiger partial charge in [0.1, 0.15) is 6.54 Å². The Labute approximate surface area is 176 Å². The zero-order valence-electron chi connectivity index (χ0n) is 15.9. The first kappa shape index (κ1) is 21.9. The van der Waals surface area contributed by atoms with E-state index in [1.54, 1.807) is 12.1 Å². The van der Waals surface area contributed by atoms with E-state index < -0.39 is 22.5 Å². The van der Waals surface area contributed by atoms with Gasteiger partial charge in [-0.15, -0.1) is 0 Å². The molecular formula is C19H20Cl2F3N3O2. The molecule has 1 N–H and O–H groups in total. The average Bonchev–Trinajstić information content (AvgIpc) is 2.93. The first-order chi connectivity index (χ1) is 13.4. The van der Waals surface area contributed by atoms with Gasteiger partial charge in [0.2, 0.25) is 5.91 Å². The fourth-order valence-corrected chi connectivity index (χ4v) is 3.80. The first-order valence-electron chi connectivity index (χ1n) is 8.99. The molecule has 0 saturated carbocycles.